The molecule has 2 aliphatic rings. The highest BCUT2D eigenvalue weighted by molar-refractivity contribution is 6.21. The highest BCUT2D eigenvalue weighted by Crippen LogP contribution is 2.35. The maximum absolute atomic E-state index is 13.3. The smallest absolute Gasteiger partial charge is 0.410 e. The van der Waals surface area contributed by atoms with Crippen molar-refractivity contribution < 1.29 is 14.3 Å². The van der Waals surface area contributed by atoms with Gasteiger partial charge in [0, 0.05) is 37.3 Å². The molecule has 7 nitrogen and oxygen atoms in total. The predicted molar refractivity (Wildman–Crippen MR) is 140 cm³/mol. The van der Waals surface area contributed by atoms with Crippen LogP contribution in [0, 0.1) is 5.92 Å². The van der Waals surface area contributed by atoms with Gasteiger partial charge in [-0.3, -0.25) is 9.79 Å². The predicted octanol–water partition coefficient (Wildman–Crippen LogP) is 4.95. The van der Waals surface area contributed by atoms with Gasteiger partial charge in [0.2, 0.25) is 5.91 Å². The molecule has 2 aliphatic heterocycles. The van der Waals surface area contributed by atoms with Crippen LogP contribution in [-0.2, 0) is 9.53 Å². The van der Waals surface area contributed by atoms with Crippen molar-refractivity contribution in [3.8, 4) is 0 Å². The third kappa shape index (κ3) is 5.84. The number of aliphatic imine (C=N–C) groups is 1. The average molecular weight is 477 g/mol. The second-order valence-electron chi connectivity index (χ2n) is 10.6. The minimum Gasteiger partial charge on any atom is -0.444 e. The summed E-state index contributed by atoms with van der Waals surface area (Å²) in [5.41, 5.74) is 3.97. The first-order chi connectivity index (χ1) is 16.6. The van der Waals surface area contributed by atoms with E-state index in [9.17, 15) is 9.59 Å². The van der Waals surface area contributed by atoms with Gasteiger partial charge in [-0.15, -0.1) is 0 Å². The number of benzene rings is 2. The molecule has 0 saturated carbocycles. The van der Waals surface area contributed by atoms with Crippen LogP contribution in [0.2, 0.25) is 0 Å². The summed E-state index contributed by atoms with van der Waals surface area (Å²) in [5.74, 6) is 0.263. The van der Waals surface area contributed by atoms with Crippen molar-refractivity contribution in [1.82, 2.24) is 4.90 Å². The lowest BCUT2D eigenvalue weighted by Crippen LogP contribution is -2.50. The van der Waals surface area contributed by atoms with Crippen molar-refractivity contribution in [3.63, 3.8) is 0 Å². The average Bonchev–Trinajstić information content (AvgIpc) is 2.94. The van der Waals surface area contributed by atoms with Gasteiger partial charge in [-0.05, 0) is 39.2 Å². The van der Waals surface area contributed by atoms with E-state index in [0.29, 0.717) is 38.5 Å². The van der Waals surface area contributed by atoms with E-state index in [-0.39, 0.29) is 12.0 Å². The number of nitrogens with one attached hydrogen (secondary N) is 1. The summed E-state index contributed by atoms with van der Waals surface area (Å²) in [6.07, 6.45) is 0.396. The molecular formula is C28H36N4O3. The monoisotopic (exact) mass is 476 g/mol. The van der Waals surface area contributed by atoms with Crippen LogP contribution in [0.3, 0.4) is 0 Å². The topological polar surface area (TPSA) is 74.2 Å². The SMILES string of the molecule is CC(C)C[C@H]1N=C(c2ccccc2)c2cccc(N3CCN(C(=O)OC(C)(C)C)CC3)c2NC1=O. The number of hydrogen-bond acceptors (Lipinski definition) is 5. The summed E-state index contributed by atoms with van der Waals surface area (Å²) in [6, 6.07) is 15.7. The van der Waals surface area contributed by atoms with E-state index in [0.717, 1.165) is 28.2 Å². The summed E-state index contributed by atoms with van der Waals surface area (Å²) >= 11 is 0. The van der Waals surface area contributed by atoms with Gasteiger partial charge < -0.3 is 19.9 Å². The van der Waals surface area contributed by atoms with Crippen molar-refractivity contribution in [2.24, 2.45) is 10.9 Å². The molecular weight excluding hydrogens is 440 g/mol. The first-order valence-corrected chi connectivity index (χ1v) is 12.4. The molecule has 0 unspecified atom stereocenters. The van der Waals surface area contributed by atoms with E-state index >= 15 is 0 Å². The molecule has 35 heavy (non-hydrogen) atoms. The zero-order valence-electron chi connectivity index (χ0n) is 21.4. The highest BCUT2D eigenvalue weighted by Gasteiger charge is 2.31. The lowest BCUT2D eigenvalue weighted by atomic mass is 9.99. The van der Waals surface area contributed by atoms with E-state index in [1.54, 1.807) is 4.90 Å². The van der Waals surface area contributed by atoms with Crippen molar-refractivity contribution in [3.05, 3.63) is 59.7 Å². The van der Waals surface area contributed by atoms with Crippen molar-refractivity contribution in [2.75, 3.05) is 36.4 Å². The van der Waals surface area contributed by atoms with Gasteiger partial charge in [0.05, 0.1) is 17.1 Å². The number of carbonyl (C=O) groups is 2. The Kier molecular flexibility index (Phi) is 7.15. The number of carbonyl (C=O) groups excluding carboxylic acids is 2. The van der Waals surface area contributed by atoms with Gasteiger partial charge in [0.1, 0.15) is 11.6 Å². The number of fused-ring (bicyclic) bond motifs is 1. The summed E-state index contributed by atoms with van der Waals surface area (Å²) in [4.78, 5) is 34.8. The standard InChI is InChI=1S/C28H36N4O3/c1-19(2)18-22-26(33)30-25-21(24(29-22)20-10-7-6-8-11-20)12-9-13-23(25)31-14-16-32(17-15-31)27(34)35-28(3,4)5/h6-13,19,22H,14-18H2,1-5H3,(H,30,33)/t22-/m1/s1. The quantitative estimate of drug-likeness (QED) is 0.678. The van der Waals surface area contributed by atoms with E-state index < -0.39 is 11.6 Å². The molecule has 2 amide bonds. The van der Waals surface area contributed by atoms with Crippen molar-refractivity contribution in [2.45, 2.75) is 52.7 Å². The van der Waals surface area contributed by atoms with Gasteiger partial charge in [0.25, 0.3) is 0 Å². The minimum atomic E-state index is -0.519. The molecule has 2 heterocycles. The first-order valence-electron chi connectivity index (χ1n) is 12.4. The molecule has 2 aromatic carbocycles. The molecule has 1 atom stereocenters. The lowest BCUT2D eigenvalue weighted by molar-refractivity contribution is -0.117. The highest BCUT2D eigenvalue weighted by atomic mass is 16.6. The molecule has 186 valence electrons. The molecule has 1 fully saturated rings. The molecule has 1 N–H and O–H groups in total. The number of para-hydroxylation sites is 1. The van der Waals surface area contributed by atoms with E-state index in [1.807, 2.05) is 69.3 Å². The molecule has 0 bridgehead atoms. The van der Waals surface area contributed by atoms with Gasteiger partial charge in [-0.25, -0.2) is 4.79 Å². The third-order valence-corrected chi connectivity index (χ3v) is 6.15. The van der Waals surface area contributed by atoms with Crippen LogP contribution in [0.5, 0.6) is 0 Å². The number of amides is 2. The maximum Gasteiger partial charge on any atom is 0.410 e. The molecule has 0 spiro atoms. The Hall–Kier alpha value is -3.35. The summed E-state index contributed by atoms with van der Waals surface area (Å²) < 4.78 is 5.54. The first kappa shape index (κ1) is 24.8. The number of nitrogens with zero attached hydrogens (tertiary/aromatic N) is 3. The summed E-state index contributed by atoms with van der Waals surface area (Å²) in [5, 5.41) is 3.21. The second-order valence-corrected chi connectivity index (χ2v) is 10.6. The zero-order chi connectivity index (χ0) is 25.2. The minimum absolute atomic E-state index is 0.0780. The molecule has 0 radical (unpaired) electrons. The summed E-state index contributed by atoms with van der Waals surface area (Å²) in [6.45, 7) is 12.3. The van der Waals surface area contributed by atoms with E-state index in [4.69, 9.17) is 9.73 Å². The number of hydrogen-bond donors (Lipinski definition) is 1. The molecule has 1 saturated heterocycles. The number of piperazine rings is 1. The van der Waals surface area contributed by atoms with Gasteiger partial charge >= 0.3 is 6.09 Å². The Balaban J connectivity index is 1.64. The fraction of sp³-hybridized carbons (Fsp3) is 0.464. The summed E-state index contributed by atoms with van der Waals surface area (Å²) in [7, 11) is 0. The van der Waals surface area contributed by atoms with Gasteiger partial charge in [-0.1, -0.05) is 56.3 Å². The van der Waals surface area contributed by atoms with Gasteiger partial charge in [0.15, 0.2) is 0 Å². The van der Waals surface area contributed by atoms with Crippen LogP contribution >= 0.6 is 0 Å². The molecule has 0 aromatic heterocycles. The largest absolute Gasteiger partial charge is 0.444 e. The number of rotatable bonds is 4. The molecule has 7 heteroatoms. The Labute approximate surface area is 208 Å². The van der Waals surface area contributed by atoms with Crippen LogP contribution < -0.4 is 10.2 Å². The second kappa shape index (κ2) is 10.1. The van der Waals surface area contributed by atoms with Crippen LogP contribution in [0.15, 0.2) is 53.5 Å². The fourth-order valence-corrected chi connectivity index (χ4v) is 4.51. The van der Waals surface area contributed by atoms with Crippen LogP contribution in [0.4, 0.5) is 16.2 Å². The number of benzodiazepines with no additional fused rings is 1. The van der Waals surface area contributed by atoms with Crippen LogP contribution in [0.25, 0.3) is 0 Å². The normalized spacial score (nSPS) is 18.5. The lowest BCUT2D eigenvalue weighted by Gasteiger charge is -2.37. The van der Waals surface area contributed by atoms with E-state index in [1.165, 1.54) is 0 Å². The number of anilines is 2. The maximum atomic E-state index is 13.3. The Morgan fingerprint density at radius 3 is 2.37 bits per heavy atom. The van der Waals surface area contributed by atoms with Gasteiger partial charge in [-0.2, -0.15) is 0 Å². The molecule has 0 aliphatic carbocycles. The molecule has 4 rings (SSSR count). The zero-order valence-corrected chi connectivity index (χ0v) is 21.4. The van der Waals surface area contributed by atoms with E-state index in [2.05, 4.69) is 24.1 Å². The Morgan fingerprint density at radius 2 is 1.74 bits per heavy atom. The third-order valence-electron chi connectivity index (χ3n) is 6.15. The number of ether oxygens (including phenoxy) is 1. The Bertz CT molecular complexity index is 1100. The Morgan fingerprint density at radius 1 is 1.06 bits per heavy atom. The van der Waals surface area contributed by atoms with Crippen molar-refractivity contribution >= 4 is 29.1 Å². The fourth-order valence-electron chi connectivity index (χ4n) is 4.51. The van der Waals surface area contributed by atoms with Crippen LogP contribution in [-0.4, -0.2) is 60.4 Å². The van der Waals surface area contributed by atoms with Crippen LogP contribution in [0.1, 0.15) is 52.2 Å². The van der Waals surface area contributed by atoms with Crippen molar-refractivity contribution in [1.29, 1.82) is 0 Å². The molecule has 2 aromatic rings.